The van der Waals surface area contributed by atoms with E-state index in [0.717, 1.165) is 17.1 Å². The third kappa shape index (κ3) is 5.91. The quantitative estimate of drug-likeness (QED) is 0.156. The van der Waals surface area contributed by atoms with Gasteiger partial charge in [-0.25, -0.2) is 0 Å². The third-order valence-corrected chi connectivity index (χ3v) is 13.5. The highest BCUT2D eigenvalue weighted by Crippen LogP contribution is 2.54. The molecule has 0 bridgehead atoms. The molecule has 0 spiro atoms. The van der Waals surface area contributed by atoms with Crippen molar-refractivity contribution in [3.8, 4) is 55.6 Å². The molecule has 11 rings (SSSR count). The first-order chi connectivity index (χ1) is 29.0. The van der Waals surface area contributed by atoms with Gasteiger partial charge < -0.3 is 4.90 Å². The number of hydrogen-bond acceptors (Lipinski definition) is 2. The normalized spacial score (nSPS) is 12.7. The first kappa shape index (κ1) is 35.2. The van der Waals surface area contributed by atoms with Gasteiger partial charge in [0.15, 0.2) is 0 Å². The van der Waals surface area contributed by atoms with Crippen LogP contribution in [0.25, 0.3) is 75.8 Å². The Bertz CT molecular complexity index is 3170. The molecule has 1 aliphatic rings. The zero-order valence-electron chi connectivity index (χ0n) is 33.1. The van der Waals surface area contributed by atoms with Crippen LogP contribution < -0.4 is 4.90 Å². The molecule has 0 amide bonds. The maximum atomic E-state index is 2.47. The Labute approximate surface area is 350 Å². The van der Waals surface area contributed by atoms with Gasteiger partial charge in [0.2, 0.25) is 0 Å². The number of thiophene rings is 1. The van der Waals surface area contributed by atoms with Gasteiger partial charge >= 0.3 is 0 Å². The van der Waals surface area contributed by atoms with E-state index in [4.69, 9.17) is 0 Å². The van der Waals surface area contributed by atoms with Crippen molar-refractivity contribution < 1.29 is 0 Å². The highest BCUT2D eigenvalue weighted by atomic mass is 32.1. The first-order valence-electron chi connectivity index (χ1n) is 20.4. The van der Waals surface area contributed by atoms with Gasteiger partial charge in [-0.05, 0) is 98.1 Å². The molecule has 1 nitrogen and oxygen atoms in total. The molecular weight excluding hydrogens is 731 g/mol. The molecule has 0 fully saturated rings. The van der Waals surface area contributed by atoms with Crippen molar-refractivity contribution in [2.24, 2.45) is 0 Å². The fraction of sp³-hybridized carbons (Fsp3) is 0.0526. The first-order valence-corrected chi connectivity index (χ1v) is 21.2. The molecule has 0 saturated heterocycles. The van der Waals surface area contributed by atoms with Crippen LogP contribution in [0.5, 0.6) is 0 Å². The van der Waals surface area contributed by atoms with Gasteiger partial charge in [0, 0.05) is 42.4 Å². The molecule has 10 aromatic rings. The number of hydrogen-bond donors (Lipinski definition) is 0. The minimum absolute atomic E-state index is 0.0940. The Morgan fingerprint density at radius 1 is 0.356 bits per heavy atom. The molecule has 0 aliphatic heterocycles. The van der Waals surface area contributed by atoms with Crippen LogP contribution in [0.3, 0.4) is 0 Å². The summed E-state index contributed by atoms with van der Waals surface area (Å²) in [4.78, 5) is 2.47. The number of nitrogens with zero attached hydrogens (tertiary/aromatic N) is 1. The van der Waals surface area contributed by atoms with Crippen molar-refractivity contribution in [3.05, 3.63) is 223 Å². The molecule has 280 valence electrons. The van der Waals surface area contributed by atoms with Crippen LogP contribution in [0.15, 0.2) is 212 Å². The number of rotatable bonds is 7. The Morgan fingerprint density at radius 3 is 1.68 bits per heavy atom. The average Bonchev–Trinajstić information content (AvgIpc) is 3.79. The van der Waals surface area contributed by atoms with Crippen LogP contribution in [0.4, 0.5) is 17.1 Å². The summed E-state index contributed by atoms with van der Waals surface area (Å²) < 4.78 is 2.65. The summed E-state index contributed by atoms with van der Waals surface area (Å²) in [6, 6.07) is 78.1. The molecule has 1 aliphatic carbocycles. The largest absolute Gasteiger partial charge is 0.309 e. The van der Waals surface area contributed by atoms with Gasteiger partial charge in [-0.1, -0.05) is 184 Å². The van der Waals surface area contributed by atoms with E-state index >= 15 is 0 Å². The highest BCUT2D eigenvalue weighted by molar-refractivity contribution is 7.25. The summed E-state index contributed by atoms with van der Waals surface area (Å²) in [7, 11) is 0. The summed E-state index contributed by atoms with van der Waals surface area (Å²) in [5.74, 6) is 0. The molecule has 2 heteroatoms. The zero-order valence-corrected chi connectivity index (χ0v) is 33.9. The standard InChI is InChI=1S/C57H41NS/c1-57(2)50-22-10-6-20-48(50)56-47(21-14-23-51(56)57)45-18-8-12-25-53(45)58(52-24-11-7-17-44(52)41-29-27-39(28-30-41)38-15-4-3-5-16-38)43-34-31-40(32-35-43)42-33-36-55-49(37-42)46-19-9-13-26-54(46)59-55/h3-37H,1-2H3. The van der Waals surface area contributed by atoms with Crippen LogP contribution in [0.2, 0.25) is 0 Å². The second-order valence-corrected chi connectivity index (χ2v) is 17.2. The van der Waals surface area contributed by atoms with Gasteiger partial charge in [0.25, 0.3) is 0 Å². The maximum Gasteiger partial charge on any atom is 0.0540 e. The maximum absolute atomic E-state index is 2.47. The lowest BCUT2D eigenvalue weighted by Crippen LogP contribution is -2.15. The Balaban J connectivity index is 1.09. The van der Waals surface area contributed by atoms with Crippen LogP contribution >= 0.6 is 11.3 Å². The van der Waals surface area contributed by atoms with E-state index in [1.54, 1.807) is 0 Å². The van der Waals surface area contributed by atoms with Crippen molar-refractivity contribution in [3.63, 3.8) is 0 Å². The third-order valence-electron chi connectivity index (χ3n) is 12.3. The average molecular weight is 772 g/mol. The molecule has 0 radical (unpaired) electrons. The number of fused-ring (bicyclic) bond motifs is 6. The van der Waals surface area contributed by atoms with E-state index in [0.29, 0.717) is 0 Å². The van der Waals surface area contributed by atoms with Crippen molar-refractivity contribution in [2.75, 3.05) is 4.90 Å². The molecule has 0 saturated carbocycles. The van der Waals surface area contributed by atoms with Gasteiger partial charge in [-0.15, -0.1) is 11.3 Å². The smallest absolute Gasteiger partial charge is 0.0540 e. The number of anilines is 3. The van der Waals surface area contributed by atoms with Crippen LogP contribution in [0, 0.1) is 0 Å². The Kier molecular flexibility index (Phi) is 8.43. The zero-order chi connectivity index (χ0) is 39.5. The van der Waals surface area contributed by atoms with Gasteiger partial charge in [0.05, 0.1) is 11.4 Å². The lowest BCUT2D eigenvalue weighted by molar-refractivity contribution is 0.660. The second kappa shape index (κ2) is 14.1. The molecule has 0 atom stereocenters. The van der Waals surface area contributed by atoms with Gasteiger partial charge in [-0.3, -0.25) is 0 Å². The van der Waals surface area contributed by atoms with Crippen molar-refractivity contribution in [1.29, 1.82) is 0 Å². The molecule has 59 heavy (non-hydrogen) atoms. The summed E-state index contributed by atoms with van der Waals surface area (Å²) in [5.41, 5.74) is 18.3. The van der Waals surface area contributed by atoms with Crippen molar-refractivity contribution in [2.45, 2.75) is 19.3 Å². The summed E-state index contributed by atoms with van der Waals surface area (Å²) in [5, 5.41) is 2.63. The molecule has 0 N–H and O–H groups in total. The van der Waals surface area contributed by atoms with Crippen molar-refractivity contribution in [1.82, 2.24) is 0 Å². The van der Waals surface area contributed by atoms with E-state index in [-0.39, 0.29) is 5.41 Å². The molecular formula is C57H41NS. The fourth-order valence-electron chi connectivity index (χ4n) is 9.38. The molecule has 1 aromatic heterocycles. The number of para-hydroxylation sites is 2. The Hall–Kier alpha value is -7.00. The predicted octanol–water partition coefficient (Wildman–Crippen LogP) is 16.5. The van der Waals surface area contributed by atoms with Gasteiger partial charge in [-0.2, -0.15) is 0 Å². The SMILES string of the molecule is CC1(C)c2ccccc2-c2c(-c3ccccc3N(c3ccc(-c4ccc5sc6ccccc6c5c4)cc3)c3ccccc3-c3ccc(-c4ccccc4)cc3)cccc21. The molecule has 1 heterocycles. The second-order valence-electron chi connectivity index (χ2n) is 16.1. The van der Waals surface area contributed by atoms with E-state index < -0.39 is 0 Å². The minimum Gasteiger partial charge on any atom is -0.309 e. The summed E-state index contributed by atoms with van der Waals surface area (Å²) >= 11 is 1.86. The monoisotopic (exact) mass is 771 g/mol. The summed E-state index contributed by atoms with van der Waals surface area (Å²) in [6.07, 6.45) is 0. The topological polar surface area (TPSA) is 3.24 Å². The number of benzene rings is 9. The Morgan fingerprint density at radius 2 is 0.881 bits per heavy atom. The summed E-state index contributed by atoms with van der Waals surface area (Å²) in [6.45, 7) is 4.72. The van der Waals surface area contributed by atoms with E-state index in [1.165, 1.54) is 86.9 Å². The highest BCUT2D eigenvalue weighted by Gasteiger charge is 2.37. The fourth-order valence-corrected chi connectivity index (χ4v) is 10.5. The molecule has 9 aromatic carbocycles. The van der Waals surface area contributed by atoms with E-state index in [9.17, 15) is 0 Å². The van der Waals surface area contributed by atoms with E-state index in [1.807, 2.05) is 11.3 Å². The van der Waals surface area contributed by atoms with Gasteiger partial charge in [0.1, 0.15) is 0 Å². The van der Waals surface area contributed by atoms with Crippen molar-refractivity contribution >= 4 is 48.6 Å². The van der Waals surface area contributed by atoms with Crippen LogP contribution in [0.1, 0.15) is 25.0 Å². The van der Waals surface area contributed by atoms with Crippen LogP contribution in [-0.2, 0) is 5.41 Å². The van der Waals surface area contributed by atoms with E-state index in [2.05, 4.69) is 231 Å². The minimum atomic E-state index is -0.0940. The predicted molar refractivity (Wildman–Crippen MR) is 253 cm³/mol. The molecule has 0 unspecified atom stereocenters. The lowest BCUT2D eigenvalue weighted by atomic mass is 9.82. The van der Waals surface area contributed by atoms with Crippen LogP contribution in [-0.4, -0.2) is 0 Å². The lowest BCUT2D eigenvalue weighted by Gasteiger charge is -2.30.